The van der Waals surface area contributed by atoms with E-state index in [1.165, 1.54) is 100 Å². The van der Waals surface area contributed by atoms with Crippen molar-refractivity contribution in [3.63, 3.8) is 0 Å². The summed E-state index contributed by atoms with van der Waals surface area (Å²) in [6.07, 6.45) is 17.2. The fourth-order valence-corrected chi connectivity index (χ4v) is 3.65. The van der Waals surface area contributed by atoms with Gasteiger partial charge >= 0.3 is 8.25 Å². The van der Waals surface area contributed by atoms with Gasteiger partial charge < -0.3 is 0 Å². The van der Waals surface area contributed by atoms with E-state index in [1.807, 2.05) is 0 Å². The molecule has 0 bridgehead atoms. The fraction of sp³-hybridized carbons (Fsp3) is 1.00. The molecule has 2 N–H and O–H groups in total. The summed E-state index contributed by atoms with van der Waals surface area (Å²) in [6, 6.07) is 0. The number of hydrogen-bond acceptors (Lipinski definition) is 3. The number of thioether (sulfide) groups is 2. The Morgan fingerprint density at radius 1 is 0.577 bits per heavy atom. The maximum Gasteiger partial charge on any atom is 0.692 e. The lowest BCUT2D eigenvalue weighted by molar-refractivity contribution is 0.405. The first-order valence-corrected chi connectivity index (χ1v) is 14.0. The first kappa shape index (κ1) is 31.4. The Labute approximate surface area is 173 Å². The molecule has 0 amide bonds. The van der Waals surface area contributed by atoms with Crippen LogP contribution in [0, 0.1) is 0 Å². The number of rotatable bonds is 16. The van der Waals surface area contributed by atoms with Crippen LogP contribution in [-0.4, -0.2) is 32.8 Å². The third-order valence-electron chi connectivity index (χ3n) is 3.69. The summed E-state index contributed by atoms with van der Waals surface area (Å²) in [5.74, 6) is 5.33. The molecule has 0 saturated carbocycles. The summed E-state index contributed by atoms with van der Waals surface area (Å²) in [5.41, 5.74) is 0. The summed E-state index contributed by atoms with van der Waals surface area (Å²) in [7, 11) is -2.87. The molecule has 0 fully saturated rings. The van der Waals surface area contributed by atoms with Gasteiger partial charge in [0.2, 0.25) is 0 Å². The molecule has 6 heteroatoms. The van der Waals surface area contributed by atoms with Crippen molar-refractivity contribution < 1.29 is 14.4 Å². The summed E-state index contributed by atoms with van der Waals surface area (Å²) in [5, 5.41) is 0. The molecule has 0 radical (unpaired) electrons. The Bertz CT molecular complexity index is 207. The minimum Gasteiger partial charge on any atom is -0.162 e. The Balaban J connectivity index is -0.000000338. The van der Waals surface area contributed by atoms with E-state index in [-0.39, 0.29) is 0 Å². The summed E-state index contributed by atoms with van der Waals surface area (Å²) in [4.78, 5) is 14.2. The first-order valence-electron chi connectivity index (χ1n) is 10.6. The van der Waals surface area contributed by atoms with E-state index in [9.17, 15) is 0 Å². The third kappa shape index (κ3) is 49.8. The zero-order valence-corrected chi connectivity index (χ0v) is 20.4. The Kier molecular flexibility index (Phi) is 40.3. The molecule has 3 nitrogen and oxygen atoms in total. The highest BCUT2D eigenvalue weighted by Gasteiger charge is 1.93. The molecule has 0 aliphatic carbocycles. The van der Waals surface area contributed by atoms with E-state index in [0.717, 1.165) is 0 Å². The molecule has 0 saturated heterocycles. The molecule has 0 unspecified atom stereocenters. The summed E-state index contributed by atoms with van der Waals surface area (Å²) in [6.45, 7) is 9.02. The zero-order valence-electron chi connectivity index (χ0n) is 17.9. The highest BCUT2D eigenvalue weighted by Crippen LogP contribution is 2.09. The quantitative estimate of drug-likeness (QED) is 0.193. The average molecular weight is 430 g/mol. The molecular weight excluding hydrogens is 383 g/mol. The molecule has 0 aromatic carbocycles. The lowest BCUT2D eigenvalue weighted by atomic mass is 10.1. The van der Waals surface area contributed by atoms with Crippen molar-refractivity contribution in [2.24, 2.45) is 0 Å². The van der Waals surface area contributed by atoms with Gasteiger partial charge in [0.15, 0.2) is 0 Å². The van der Waals surface area contributed by atoms with Gasteiger partial charge in [-0.25, -0.2) is 0 Å². The Hall–Kier alpha value is 0.720. The van der Waals surface area contributed by atoms with E-state index < -0.39 is 8.25 Å². The molecule has 0 aliphatic rings. The van der Waals surface area contributed by atoms with Crippen LogP contribution in [0.4, 0.5) is 0 Å². The lowest BCUT2D eigenvalue weighted by Crippen LogP contribution is -1.82. The average Bonchev–Trinajstić information content (AvgIpc) is 2.60. The van der Waals surface area contributed by atoms with Crippen LogP contribution >= 0.6 is 31.8 Å². The van der Waals surface area contributed by atoms with Crippen molar-refractivity contribution >= 4 is 31.8 Å². The van der Waals surface area contributed by atoms with Gasteiger partial charge in [0.05, 0.1) is 0 Å². The van der Waals surface area contributed by atoms with Crippen LogP contribution in [0.2, 0.25) is 0 Å². The largest absolute Gasteiger partial charge is 0.692 e. The van der Waals surface area contributed by atoms with E-state index in [4.69, 9.17) is 14.4 Å². The van der Waals surface area contributed by atoms with Crippen molar-refractivity contribution in [1.29, 1.82) is 0 Å². The second-order valence-corrected chi connectivity index (χ2v) is 9.48. The fourth-order valence-electron chi connectivity index (χ4n) is 2.26. The Morgan fingerprint density at radius 3 is 1.12 bits per heavy atom. The van der Waals surface area contributed by atoms with Crippen molar-refractivity contribution in [3.8, 4) is 0 Å². The van der Waals surface area contributed by atoms with Gasteiger partial charge in [-0.2, -0.15) is 23.5 Å². The van der Waals surface area contributed by atoms with Gasteiger partial charge in [-0.1, -0.05) is 91.9 Å². The maximum absolute atomic E-state index is 8.70. The van der Waals surface area contributed by atoms with Crippen LogP contribution in [0.3, 0.4) is 0 Å². The molecule has 0 atom stereocenters. The standard InChI is InChI=1S/2C10H22S.HO3P/c2*1-3-5-6-7-8-9-10-11-4-2;1-4(2)3/h2*3-10H2,1-2H3;(H-,1,2,3)/p+1. The van der Waals surface area contributed by atoms with Crippen LogP contribution in [0.15, 0.2) is 0 Å². The van der Waals surface area contributed by atoms with Crippen LogP contribution in [-0.2, 0) is 4.57 Å². The highest BCUT2D eigenvalue weighted by atomic mass is 32.2. The zero-order chi connectivity index (χ0) is 20.3. The van der Waals surface area contributed by atoms with E-state index >= 15 is 0 Å². The molecule has 0 spiro atoms. The predicted octanol–water partition coefficient (Wildman–Crippen LogP) is 7.83. The second-order valence-electron chi connectivity index (χ2n) is 6.18. The predicted molar refractivity (Wildman–Crippen MR) is 125 cm³/mol. The van der Waals surface area contributed by atoms with Crippen molar-refractivity contribution in [3.05, 3.63) is 0 Å². The van der Waals surface area contributed by atoms with Crippen LogP contribution in [0.5, 0.6) is 0 Å². The molecule has 26 heavy (non-hydrogen) atoms. The molecule has 0 aromatic heterocycles. The maximum atomic E-state index is 8.70. The Morgan fingerprint density at radius 2 is 0.846 bits per heavy atom. The smallest absolute Gasteiger partial charge is 0.162 e. The van der Waals surface area contributed by atoms with Gasteiger partial charge in [-0.15, -0.1) is 9.79 Å². The van der Waals surface area contributed by atoms with Gasteiger partial charge in [-0.05, 0) is 35.9 Å². The van der Waals surface area contributed by atoms with Crippen molar-refractivity contribution in [2.45, 2.75) is 105 Å². The molecule has 160 valence electrons. The van der Waals surface area contributed by atoms with E-state index in [0.29, 0.717) is 0 Å². The van der Waals surface area contributed by atoms with Gasteiger partial charge in [0.1, 0.15) is 0 Å². The van der Waals surface area contributed by atoms with E-state index in [2.05, 4.69) is 51.2 Å². The molecule has 0 aromatic rings. The summed E-state index contributed by atoms with van der Waals surface area (Å²) < 4.78 is 8.70. The monoisotopic (exact) mass is 429 g/mol. The molecule has 0 heterocycles. The molecule has 0 aliphatic heterocycles. The third-order valence-corrected chi connectivity index (χ3v) is 5.66. The SMILES string of the molecule is CCCCCCCCSCC.CCCCCCCCSCC.O=[P+](O)O. The number of hydrogen-bond donors (Lipinski definition) is 2. The lowest BCUT2D eigenvalue weighted by Gasteiger charge is -1.99. The first-order chi connectivity index (χ1) is 12.6. The molecular formula is C20H46O3PS2+. The summed E-state index contributed by atoms with van der Waals surface area (Å²) >= 11 is 4.14. The van der Waals surface area contributed by atoms with Crippen LogP contribution in [0.25, 0.3) is 0 Å². The minimum absolute atomic E-state index is 1.29. The van der Waals surface area contributed by atoms with Gasteiger partial charge in [0, 0.05) is 4.57 Å². The topological polar surface area (TPSA) is 57.5 Å². The molecule has 0 rings (SSSR count). The van der Waals surface area contributed by atoms with E-state index in [1.54, 1.807) is 0 Å². The highest BCUT2D eigenvalue weighted by molar-refractivity contribution is 7.99. The minimum atomic E-state index is -2.87. The van der Waals surface area contributed by atoms with Gasteiger partial charge in [-0.3, -0.25) is 0 Å². The normalized spacial score (nSPS) is 9.77. The van der Waals surface area contributed by atoms with Crippen molar-refractivity contribution in [2.75, 3.05) is 23.0 Å². The van der Waals surface area contributed by atoms with Crippen LogP contribution < -0.4 is 0 Å². The van der Waals surface area contributed by atoms with Crippen molar-refractivity contribution in [1.82, 2.24) is 0 Å². The van der Waals surface area contributed by atoms with Crippen LogP contribution in [0.1, 0.15) is 105 Å². The number of unbranched alkanes of at least 4 members (excludes halogenated alkanes) is 10. The second kappa shape index (κ2) is 33.3. The van der Waals surface area contributed by atoms with Gasteiger partial charge in [0.25, 0.3) is 0 Å².